The second kappa shape index (κ2) is 13.8. The molecule has 1 heterocycles. The first-order valence-electron chi connectivity index (χ1n) is 9.32. The molecule has 0 bridgehead atoms. The molecule has 3 nitrogen and oxygen atoms in total. The van der Waals surface area contributed by atoms with Crippen LogP contribution in [0, 0.1) is 0 Å². The molecular weight excluding hydrogens is 274 g/mol. The Bertz CT molecular complexity index is 285. The van der Waals surface area contributed by atoms with Gasteiger partial charge in [0, 0.05) is 13.0 Å². The zero-order valence-corrected chi connectivity index (χ0v) is 14.4. The maximum atomic E-state index is 11.6. The van der Waals surface area contributed by atoms with Gasteiger partial charge in [-0.15, -0.1) is 6.58 Å². The lowest BCUT2D eigenvalue weighted by Gasteiger charge is -2.26. The lowest BCUT2D eigenvalue weighted by molar-refractivity contribution is -0.144. The molecule has 0 atom stereocenters. The largest absolute Gasteiger partial charge is 0.466 e. The normalized spacial score (nSPS) is 15.6. The third kappa shape index (κ3) is 10.8. The lowest BCUT2D eigenvalue weighted by atomic mass is 10.1. The van der Waals surface area contributed by atoms with Crippen LogP contribution in [-0.4, -0.2) is 37.1 Å². The van der Waals surface area contributed by atoms with Crippen molar-refractivity contribution in [2.75, 3.05) is 26.2 Å². The van der Waals surface area contributed by atoms with Crippen LogP contribution in [0.4, 0.5) is 0 Å². The van der Waals surface area contributed by atoms with Crippen LogP contribution in [0.2, 0.25) is 0 Å². The summed E-state index contributed by atoms with van der Waals surface area (Å²) in [6, 6.07) is 0. The maximum Gasteiger partial charge on any atom is 0.305 e. The quantitative estimate of drug-likeness (QED) is 0.280. The molecule has 0 spiro atoms. The number of nitrogens with zero attached hydrogens (tertiary/aromatic N) is 1. The molecule has 0 aromatic rings. The summed E-state index contributed by atoms with van der Waals surface area (Å²) in [5, 5.41) is 0. The minimum absolute atomic E-state index is 0.00898. The van der Waals surface area contributed by atoms with Crippen molar-refractivity contribution in [3.05, 3.63) is 12.7 Å². The van der Waals surface area contributed by atoms with Crippen LogP contribution >= 0.6 is 0 Å². The molecule has 0 saturated carbocycles. The van der Waals surface area contributed by atoms with Crippen molar-refractivity contribution in [1.82, 2.24) is 4.90 Å². The summed E-state index contributed by atoms with van der Waals surface area (Å²) in [7, 11) is 0. The van der Waals surface area contributed by atoms with Crippen LogP contribution < -0.4 is 0 Å². The molecular formula is C19H35NO2. The Labute approximate surface area is 137 Å². The smallest absolute Gasteiger partial charge is 0.305 e. The zero-order valence-electron chi connectivity index (χ0n) is 14.4. The van der Waals surface area contributed by atoms with Crippen molar-refractivity contribution in [3.63, 3.8) is 0 Å². The van der Waals surface area contributed by atoms with Crippen LogP contribution in [0.5, 0.6) is 0 Å². The first-order chi connectivity index (χ1) is 10.8. The van der Waals surface area contributed by atoms with E-state index in [1.54, 1.807) is 0 Å². The SMILES string of the molecule is C=CCCCCCCCCC(=O)OCCCN1CCCCC1. The van der Waals surface area contributed by atoms with Crippen LogP contribution in [0.1, 0.15) is 77.0 Å². The van der Waals surface area contributed by atoms with E-state index in [1.165, 1.54) is 58.0 Å². The van der Waals surface area contributed by atoms with E-state index in [9.17, 15) is 4.79 Å². The first-order valence-corrected chi connectivity index (χ1v) is 9.32. The molecule has 1 saturated heterocycles. The van der Waals surface area contributed by atoms with E-state index >= 15 is 0 Å². The molecule has 0 amide bonds. The highest BCUT2D eigenvalue weighted by Crippen LogP contribution is 2.10. The number of carbonyl (C=O) groups is 1. The number of rotatable bonds is 13. The molecule has 0 aliphatic carbocycles. The van der Waals surface area contributed by atoms with E-state index in [-0.39, 0.29) is 5.97 Å². The number of carbonyl (C=O) groups excluding carboxylic acids is 1. The average Bonchev–Trinajstić information content (AvgIpc) is 2.55. The number of piperidine rings is 1. The van der Waals surface area contributed by atoms with Gasteiger partial charge in [0.25, 0.3) is 0 Å². The van der Waals surface area contributed by atoms with Gasteiger partial charge in [-0.1, -0.05) is 38.2 Å². The fourth-order valence-corrected chi connectivity index (χ4v) is 2.99. The van der Waals surface area contributed by atoms with Gasteiger partial charge in [-0.05, 0) is 51.6 Å². The molecule has 128 valence electrons. The van der Waals surface area contributed by atoms with Crippen LogP contribution in [-0.2, 0) is 9.53 Å². The molecule has 0 unspecified atom stereocenters. The van der Waals surface area contributed by atoms with E-state index < -0.39 is 0 Å². The Morgan fingerprint density at radius 1 is 0.955 bits per heavy atom. The molecule has 0 aromatic carbocycles. The van der Waals surface area contributed by atoms with E-state index in [4.69, 9.17) is 4.74 Å². The van der Waals surface area contributed by atoms with Crippen molar-refractivity contribution < 1.29 is 9.53 Å². The molecule has 1 aliphatic heterocycles. The second-order valence-electron chi connectivity index (χ2n) is 6.42. The highest BCUT2D eigenvalue weighted by Gasteiger charge is 2.09. The number of esters is 1. The van der Waals surface area contributed by atoms with Crippen LogP contribution in [0.15, 0.2) is 12.7 Å². The summed E-state index contributed by atoms with van der Waals surface area (Å²) in [6.07, 6.45) is 15.9. The van der Waals surface area contributed by atoms with Crippen LogP contribution in [0.3, 0.4) is 0 Å². The van der Waals surface area contributed by atoms with Gasteiger partial charge in [-0.3, -0.25) is 4.79 Å². The number of unbranched alkanes of at least 4 members (excludes halogenated alkanes) is 6. The van der Waals surface area contributed by atoms with E-state index in [1.807, 2.05) is 6.08 Å². The van der Waals surface area contributed by atoms with E-state index in [0.29, 0.717) is 13.0 Å². The van der Waals surface area contributed by atoms with Gasteiger partial charge >= 0.3 is 5.97 Å². The fraction of sp³-hybridized carbons (Fsp3) is 0.842. The second-order valence-corrected chi connectivity index (χ2v) is 6.42. The van der Waals surface area contributed by atoms with Gasteiger partial charge < -0.3 is 9.64 Å². The Morgan fingerprint density at radius 2 is 1.64 bits per heavy atom. The molecule has 1 aliphatic rings. The highest BCUT2D eigenvalue weighted by molar-refractivity contribution is 5.69. The first kappa shape index (κ1) is 19.2. The fourth-order valence-electron chi connectivity index (χ4n) is 2.99. The van der Waals surface area contributed by atoms with E-state index in [2.05, 4.69) is 11.5 Å². The van der Waals surface area contributed by atoms with Crippen molar-refractivity contribution in [2.24, 2.45) is 0 Å². The maximum absolute atomic E-state index is 11.6. The Hall–Kier alpha value is -0.830. The molecule has 0 radical (unpaired) electrons. The summed E-state index contributed by atoms with van der Waals surface area (Å²) in [4.78, 5) is 14.1. The lowest BCUT2D eigenvalue weighted by Crippen LogP contribution is -2.31. The topological polar surface area (TPSA) is 29.5 Å². The Kier molecular flexibility index (Phi) is 12.1. The summed E-state index contributed by atoms with van der Waals surface area (Å²) < 4.78 is 5.32. The molecule has 3 heteroatoms. The molecule has 0 N–H and O–H groups in total. The zero-order chi connectivity index (χ0) is 15.9. The van der Waals surface area contributed by atoms with Crippen molar-refractivity contribution in [1.29, 1.82) is 0 Å². The average molecular weight is 309 g/mol. The molecule has 1 rings (SSSR count). The van der Waals surface area contributed by atoms with Crippen molar-refractivity contribution in [2.45, 2.75) is 77.0 Å². The summed E-state index contributed by atoms with van der Waals surface area (Å²) >= 11 is 0. The third-order valence-corrected chi connectivity index (χ3v) is 4.37. The minimum atomic E-state index is -0.00898. The summed E-state index contributed by atoms with van der Waals surface area (Å²) in [5.41, 5.74) is 0. The number of hydrogen-bond donors (Lipinski definition) is 0. The van der Waals surface area contributed by atoms with Gasteiger partial charge in [-0.25, -0.2) is 0 Å². The highest BCUT2D eigenvalue weighted by atomic mass is 16.5. The summed E-state index contributed by atoms with van der Waals surface area (Å²) in [6.45, 7) is 7.85. The van der Waals surface area contributed by atoms with Crippen LogP contribution in [0.25, 0.3) is 0 Å². The third-order valence-electron chi connectivity index (χ3n) is 4.37. The number of hydrogen-bond acceptors (Lipinski definition) is 3. The van der Waals surface area contributed by atoms with Gasteiger partial charge in [0.05, 0.1) is 6.61 Å². The van der Waals surface area contributed by atoms with Gasteiger partial charge in [-0.2, -0.15) is 0 Å². The van der Waals surface area contributed by atoms with Gasteiger partial charge in [0.15, 0.2) is 0 Å². The van der Waals surface area contributed by atoms with E-state index in [0.717, 1.165) is 32.2 Å². The predicted molar refractivity (Wildman–Crippen MR) is 93.0 cm³/mol. The number of likely N-dealkylation sites (tertiary alicyclic amines) is 1. The number of allylic oxidation sites excluding steroid dienone is 1. The molecule has 0 aromatic heterocycles. The Morgan fingerprint density at radius 3 is 2.36 bits per heavy atom. The van der Waals surface area contributed by atoms with Gasteiger partial charge in [0.2, 0.25) is 0 Å². The summed E-state index contributed by atoms with van der Waals surface area (Å²) in [5.74, 6) is -0.00898. The standard InChI is InChI=1S/C19H35NO2/c1-2-3-4-5-6-7-8-10-14-19(21)22-18-13-17-20-15-11-9-12-16-20/h2H,1,3-18H2. The number of ether oxygens (including phenoxy) is 1. The monoisotopic (exact) mass is 309 g/mol. The predicted octanol–water partition coefficient (Wildman–Crippen LogP) is 4.71. The van der Waals surface area contributed by atoms with Gasteiger partial charge in [0.1, 0.15) is 0 Å². The molecule has 1 fully saturated rings. The minimum Gasteiger partial charge on any atom is -0.466 e. The van der Waals surface area contributed by atoms with Crippen molar-refractivity contribution in [3.8, 4) is 0 Å². The van der Waals surface area contributed by atoms with Crippen molar-refractivity contribution >= 4 is 5.97 Å². The molecule has 22 heavy (non-hydrogen) atoms. The Balaban J connectivity index is 1.82.